The molecular formula is C20H15BrClFN2O. The molecule has 3 nitrogen and oxygen atoms in total. The topological polar surface area (TPSA) is 36.4 Å². The van der Waals surface area contributed by atoms with Crippen LogP contribution in [-0.2, 0) is 18.8 Å². The first-order valence-electron chi connectivity index (χ1n) is 8.09. The molecule has 0 fully saturated rings. The zero-order valence-electron chi connectivity index (χ0n) is 13.7. The van der Waals surface area contributed by atoms with Gasteiger partial charge in [0.1, 0.15) is 5.82 Å². The fourth-order valence-corrected chi connectivity index (χ4v) is 3.93. The van der Waals surface area contributed by atoms with Crippen molar-refractivity contribution >= 4 is 27.5 Å². The van der Waals surface area contributed by atoms with Crippen LogP contribution in [0.5, 0.6) is 0 Å². The van der Waals surface area contributed by atoms with Gasteiger partial charge in [0.25, 0.3) is 0 Å². The number of nitrogens with zero attached hydrogens (tertiary/aromatic N) is 2. The van der Waals surface area contributed by atoms with Crippen molar-refractivity contribution in [1.29, 1.82) is 0 Å². The number of hydrogen-bond acceptors (Lipinski definition) is 3. The van der Waals surface area contributed by atoms with Crippen LogP contribution in [0.25, 0.3) is 0 Å². The van der Waals surface area contributed by atoms with E-state index in [9.17, 15) is 9.50 Å². The lowest BCUT2D eigenvalue weighted by Gasteiger charge is -2.34. The second-order valence-electron chi connectivity index (χ2n) is 6.30. The third kappa shape index (κ3) is 3.05. The second kappa shape index (κ2) is 6.74. The summed E-state index contributed by atoms with van der Waals surface area (Å²) in [4.78, 5) is 6.27. The summed E-state index contributed by atoms with van der Waals surface area (Å²) in [6.45, 7) is 0.976. The van der Waals surface area contributed by atoms with Gasteiger partial charge in [0.05, 0.1) is 10.7 Å². The minimum absolute atomic E-state index is 0.336. The van der Waals surface area contributed by atoms with Gasteiger partial charge in [0.15, 0.2) is 5.72 Å². The number of rotatable bonds is 3. The van der Waals surface area contributed by atoms with Gasteiger partial charge in [-0.15, -0.1) is 0 Å². The Hall–Kier alpha value is -1.79. The minimum atomic E-state index is -1.36. The molecule has 0 saturated heterocycles. The molecule has 2 aromatic carbocycles. The summed E-state index contributed by atoms with van der Waals surface area (Å²) in [5, 5.41) is 12.3. The molecule has 0 bridgehead atoms. The molecule has 1 atom stereocenters. The van der Waals surface area contributed by atoms with Gasteiger partial charge in [-0.3, -0.25) is 9.88 Å². The Balaban J connectivity index is 1.79. The lowest BCUT2D eigenvalue weighted by molar-refractivity contribution is -0.0760. The normalized spacial score (nSPS) is 19.5. The number of benzene rings is 2. The number of hydrogen-bond donors (Lipinski definition) is 1. The molecule has 132 valence electrons. The predicted octanol–water partition coefficient (Wildman–Crippen LogP) is 4.85. The lowest BCUT2D eigenvalue weighted by atomic mass is 9.93. The number of halogens is 3. The summed E-state index contributed by atoms with van der Waals surface area (Å²) in [5.74, 6) is -0.336. The average Bonchev–Trinajstić information content (AvgIpc) is 2.90. The fourth-order valence-electron chi connectivity index (χ4n) is 3.41. The smallest absolute Gasteiger partial charge is 0.172 e. The maximum absolute atomic E-state index is 13.4. The Morgan fingerprint density at radius 1 is 1.15 bits per heavy atom. The first kappa shape index (κ1) is 17.6. The summed E-state index contributed by atoms with van der Waals surface area (Å²) < 4.78 is 14.4. The molecule has 2 heterocycles. The van der Waals surface area contributed by atoms with Crippen molar-refractivity contribution in [2.24, 2.45) is 0 Å². The SMILES string of the molecule is OC1(c2ccc(F)cc2)c2ccc(Br)cc2CN1Cc1ccc(Cl)cn1. The van der Waals surface area contributed by atoms with Crippen LogP contribution in [0, 0.1) is 5.82 Å². The zero-order valence-corrected chi connectivity index (χ0v) is 16.0. The number of aliphatic hydroxyl groups is 1. The number of aromatic nitrogens is 1. The van der Waals surface area contributed by atoms with E-state index in [1.807, 2.05) is 29.2 Å². The molecule has 4 rings (SSSR count). The Kier molecular flexibility index (Phi) is 4.57. The molecule has 0 spiro atoms. The van der Waals surface area contributed by atoms with Crippen LogP contribution in [0.2, 0.25) is 5.02 Å². The summed E-state index contributed by atoms with van der Waals surface area (Å²) >= 11 is 9.41. The Bertz CT molecular complexity index is 949. The van der Waals surface area contributed by atoms with Gasteiger partial charge in [-0.2, -0.15) is 0 Å². The molecule has 26 heavy (non-hydrogen) atoms. The van der Waals surface area contributed by atoms with Crippen molar-refractivity contribution in [2.75, 3.05) is 0 Å². The highest BCUT2D eigenvalue weighted by Crippen LogP contribution is 2.43. The Labute approximate surface area is 164 Å². The van der Waals surface area contributed by atoms with E-state index >= 15 is 0 Å². The third-order valence-corrected chi connectivity index (χ3v) is 5.37. The summed E-state index contributed by atoms with van der Waals surface area (Å²) in [6, 6.07) is 15.4. The minimum Gasteiger partial charge on any atom is -0.367 e. The molecule has 6 heteroatoms. The van der Waals surface area contributed by atoms with Crippen LogP contribution in [0.15, 0.2) is 65.3 Å². The summed E-state index contributed by atoms with van der Waals surface area (Å²) in [5.41, 5.74) is 1.86. The number of pyridine rings is 1. The van der Waals surface area contributed by atoms with E-state index < -0.39 is 5.72 Å². The Morgan fingerprint density at radius 2 is 1.92 bits per heavy atom. The molecule has 1 aliphatic rings. The average molecular weight is 434 g/mol. The first-order chi connectivity index (χ1) is 12.5. The van der Waals surface area contributed by atoms with Crippen molar-refractivity contribution in [3.63, 3.8) is 0 Å². The zero-order chi connectivity index (χ0) is 18.3. The van der Waals surface area contributed by atoms with E-state index in [0.29, 0.717) is 23.7 Å². The van der Waals surface area contributed by atoms with Crippen molar-refractivity contribution in [2.45, 2.75) is 18.8 Å². The summed E-state index contributed by atoms with van der Waals surface area (Å²) in [7, 11) is 0. The van der Waals surface area contributed by atoms with Crippen molar-refractivity contribution in [1.82, 2.24) is 9.88 Å². The lowest BCUT2D eigenvalue weighted by Crippen LogP contribution is -2.41. The second-order valence-corrected chi connectivity index (χ2v) is 7.66. The van der Waals surface area contributed by atoms with Crippen LogP contribution >= 0.6 is 27.5 Å². The van der Waals surface area contributed by atoms with Crippen molar-refractivity contribution in [3.8, 4) is 0 Å². The maximum Gasteiger partial charge on any atom is 0.172 e. The fraction of sp³-hybridized carbons (Fsp3) is 0.150. The highest BCUT2D eigenvalue weighted by Gasteiger charge is 2.45. The molecule has 0 amide bonds. The third-order valence-electron chi connectivity index (χ3n) is 4.65. The highest BCUT2D eigenvalue weighted by atomic mass is 79.9. The molecule has 1 N–H and O–H groups in total. The number of fused-ring (bicyclic) bond motifs is 1. The monoisotopic (exact) mass is 432 g/mol. The Morgan fingerprint density at radius 3 is 2.62 bits per heavy atom. The molecule has 1 unspecified atom stereocenters. The molecule has 0 aliphatic carbocycles. The molecule has 0 saturated carbocycles. The van der Waals surface area contributed by atoms with Gasteiger partial charge in [-0.05, 0) is 42.0 Å². The molecule has 1 aromatic heterocycles. The summed E-state index contributed by atoms with van der Waals surface area (Å²) in [6.07, 6.45) is 1.59. The van der Waals surface area contributed by atoms with Gasteiger partial charge < -0.3 is 5.11 Å². The quantitative estimate of drug-likeness (QED) is 0.642. The molecular weight excluding hydrogens is 419 g/mol. The van der Waals surface area contributed by atoms with Gasteiger partial charge in [0, 0.05) is 34.9 Å². The van der Waals surface area contributed by atoms with Crippen molar-refractivity contribution in [3.05, 3.63) is 98.5 Å². The van der Waals surface area contributed by atoms with Gasteiger partial charge in [-0.25, -0.2) is 4.39 Å². The molecule has 3 aromatic rings. The maximum atomic E-state index is 13.4. The standard InChI is InChI=1S/C20H15BrClFN2O/c21-15-3-8-19-13(9-15)11-25(12-18-7-4-16(22)10-24-18)20(19,26)14-1-5-17(23)6-2-14/h1-10,26H,11-12H2. The van der Waals surface area contributed by atoms with E-state index in [-0.39, 0.29) is 5.82 Å². The van der Waals surface area contributed by atoms with E-state index in [0.717, 1.165) is 21.3 Å². The van der Waals surface area contributed by atoms with E-state index in [4.69, 9.17) is 11.6 Å². The van der Waals surface area contributed by atoms with E-state index in [2.05, 4.69) is 20.9 Å². The van der Waals surface area contributed by atoms with Crippen LogP contribution in [-0.4, -0.2) is 15.0 Å². The van der Waals surface area contributed by atoms with E-state index in [1.54, 1.807) is 24.4 Å². The highest BCUT2D eigenvalue weighted by molar-refractivity contribution is 9.10. The predicted molar refractivity (Wildman–Crippen MR) is 102 cm³/mol. The van der Waals surface area contributed by atoms with Crippen LogP contribution in [0.1, 0.15) is 22.4 Å². The first-order valence-corrected chi connectivity index (χ1v) is 9.27. The van der Waals surface area contributed by atoms with Crippen LogP contribution in [0.3, 0.4) is 0 Å². The van der Waals surface area contributed by atoms with Crippen molar-refractivity contribution < 1.29 is 9.50 Å². The van der Waals surface area contributed by atoms with Gasteiger partial charge in [-0.1, -0.05) is 45.7 Å². The van der Waals surface area contributed by atoms with E-state index in [1.165, 1.54) is 12.1 Å². The van der Waals surface area contributed by atoms with Crippen LogP contribution in [0.4, 0.5) is 4.39 Å². The van der Waals surface area contributed by atoms with Gasteiger partial charge in [0.2, 0.25) is 0 Å². The molecule has 0 radical (unpaired) electrons. The molecule has 1 aliphatic heterocycles. The van der Waals surface area contributed by atoms with Crippen LogP contribution < -0.4 is 0 Å². The van der Waals surface area contributed by atoms with Gasteiger partial charge >= 0.3 is 0 Å². The largest absolute Gasteiger partial charge is 0.367 e.